The fourth-order valence-corrected chi connectivity index (χ4v) is 2.79. The van der Waals surface area contributed by atoms with Crippen molar-refractivity contribution < 1.29 is 0 Å². The summed E-state index contributed by atoms with van der Waals surface area (Å²) in [5.74, 6) is 6.98. The van der Waals surface area contributed by atoms with Crippen LogP contribution in [0.4, 0.5) is 11.4 Å². The molecule has 4 heteroatoms. The minimum absolute atomic E-state index is 0.564. The molecule has 0 saturated heterocycles. The average molecular weight is 280 g/mol. The number of rotatable bonds is 1. The van der Waals surface area contributed by atoms with Crippen molar-refractivity contribution in [3.05, 3.63) is 60.2 Å². The van der Waals surface area contributed by atoms with Gasteiger partial charge in [0.25, 0.3) is 0 Å². The number of hydrogen-bond acceptors (Lipinski definition) is 2. The van der Waals surface area contributed by atoms with Crippen molar-refractivity contribution >= 4 is 17.3 Å². The normalized spacial score (nSPS) is 18.3. The third-order valence-corrected chi connectivity index (χ3v) is 3.72. The van der Waals surface area contributed by atoms with Gasteiger partial charge in [0.15, 0.2) is 0 Å². The van der Waals surface area contributed by atoms with Crippen LogP contribution < -0.4 is 16.2 Å². The molecule has 3 rings (SSSR count). The SMILES string of the molecule is CC1Cc2ccccc2N(C(=Nc2ccccc2)NN)C1. The monoisotopic (exact) mass is 280 g/mol. The molecular formula is C17H20N4. The van der Waals surface area contributed by atoms with Crippen LogP contribution in [0, 0.1) is 5.92 Å². The number of aliphatic imine (C=N–C) groups is 1. The number of para-hydroxylation sites is 2. The molecule has 4 nitrogen and oxygen atoms in total. The number of nitrogens with one attached hydrogen (secondary N) is 1. The first-order chi connectivity index (χ1) is 10.3. The van der Waals surface area contributed by atoms with Crippen LogP contribution in [0.15, 0.2) is 59.6 Å². The Morgan fingerprint density at radius 1 is 1.14 bits per heavy atom. The third kappa shape index (κ3) is 2.90. The van der Waals surface area contributed by atoms with Gasteiger partial charge in [-0.3, -0.25) is 5.43 Å². The molecule has 1 heterocycles. The van der Waals surface area contributed by atoms with E-state index >= 15 is 0 Å². The predicted octanol–water partition coefficient (Wildman–Crippen LogP) is 2.84. The fourth-order valence-electron chi connectivity index (χ4n) is 2.79. The Bertz CT molecular complexity index is 636. The number of fused-ring (bicyclic) bond motifs is 1. The van der Waals surface area contributed by atoms with Gasteiger partial charge in [0, 0.05) is 12.2 Å². The maximum absolute atomic E-state index is 5.73. The number of hydrogen-bond donors (Lipinski definition) is 2. The molecule has 0 aliphatic carbocycles. The van der Waals surface area contributed by atoms with E-state index in [0.717, 1.165) is 18.7 Å². The van der Waals surface area contributed by atoms with Crippen LogP contribution in [0.2, 0.25) is 0 Å². The molecule has 3 N–H and O–H groups in total. The summed E-state index contributed by atoms with van der Waals surface area (Å²) in [7, 11) is 0. The molecule has 2 aromatic carbocycles. The third-order valence-electron chi connectivity index (χ3n) is 3.72. The second-order valence-electron chi connectivity index (χ2n) is 5.46. The highest BCUT2D eigenvalue weighted by Crippen LogP contribution is 2.29. The van der Waals surface area contributed by atoms with Gasteiger partial charge in [-0.2, -0.15) is 0 Å². The van der Waals surface area contributed by atoms with Crippen molar-refractivity contribution in [3.8, 4) is 0 Å². The lowest BCUT2D eigenvalue weighted by molar-refractivity contribution is 0.564. The summed E-state index contributed by atoms with van der Waals surface area (Å²) in [6.45, 7) is 3.16. The Morgan fingerprint density at radius 2 is 1.86 bits per heavy atom. The summed E-state index contributed by atoms with van der Waals surface area (Å²) in [5.41, 5.74) is 6.17. The maximum Gasteiger partial charge on any atom is 0.218 e. The first-order valence-corrected chi connectivity index (χ1v) is 7.23. The highest BCUT2D eigenvalue weighted by Gasteiger charge is 2.24. The van der Waals surface area contributed by atoms with E-state index < -0.39 is 0 Å². The van der Waals surface area contributed by atoms with Crippen molar-refractivity contribution in [2.24, 2.45) is 16.8 Å². The molecule has 1 aliphatic heterocycles. The molecule has 1 aliphatic rings. The van der Waals surface area contributed by atoms with Crippen LogP contribution in [-0.2, 0) is 6.42 Å². The Balaban J connectivity index is 2.00. The van der Waals surface area contributed by atoms with E-state index in [0.29, 0.717) is 11.9 Å². The summed E-state index contributed by atoms with van der Waals surface area (Å²) in [5, 5.41) is 0. The van der Waals surface area contributed by atoms with Crippen LogP contribution in [0.3, 0.4) is 0 Å². The quantitative estimate of drug-likeness (QED) is 0.365. The van der Waals surface area contributed by atoms with Crippen LogP contribution in [-0.4, -0.2) is 12.5 Å². The molecule has 1 unspecified atom stereocenters. The number of anilines is 1. The zero-order valence-corrected chi connectivity index (χ0v) is 12.2. The molecule has 0 bridgehead atoms. The maximum atomic E-state index is 5.73. The molecular weight excluding hydrogens is 260 g/mol. The van der Waals surface area contributed by atoms with Crippen LogP contribution in [0.25, 0.3) is 0 Å². The van der Waals surface area contributed by atoms with E-state index in [1.165, 1.54) is 11.3 Å². The summed E-state index contributed by atoms with van der Waals surface area (Å²) in [4.78, 5) is 6.80. The topological polar surface area (TPSA) is 53.6 Å². The molecule has 2 aromatic rings. The van der Waals surface area contributed by atoms with Gasteiger partial charge >= 0.3 is 0 Å². The largest absolute Gasteiger partial charge is 0.311 e. The molecule has 1 atom stereocenters. The lowest BCUT2D eigenvalue weighted by atomic mass is 9.94. The lowest BCUT2D eigenvalue weighted by Crippen LogP contribution is -2.48. The van der Waals surface area contributed by atoms with Gasteiger partial charge in [-0.1, -0.05) is 43.3 Å². The van der Waals surface area contributed by atoms with Crippen LogP contribution in [0.5, 0.6) is 0 Å². The number of hydrazine groups is 1. The van der Waals surface area contributed by atoms with E-state index in [9.17, 15) is 0 Å². The van der Waals surface area contributed by atoms with E-state index in [2.05, 4.69) is 46.5 Å². The van der Waals surface area contributed by atoms with E-state index in [1.807, 2.05) is 30.3 Å². The van der Waals surface area contributed by atoms with Crippen molar-refractivity contribution in [1.29, 1.82) is 0 Å². The Hall–Kier alpha value is -2.33. The van der Waals surface area contributed by atoms with Gasteiger partial charge in [-0.15, -0.1) is 0 Å². The van der Waals surface area contributed by atoms with Crippen molar-refractivity contribution in [2.45, 2.75) is 13.3 Å². The number of nitrogens with two attached hydrogens (primary N) is 1. The van der Waals surface area contributed by atoms with Gasteiger partial charge in [0.1, 0.15) is 0 Å². The summed E-state index contributed by atoms with van der Waals surface area (Å²) in [6.07, 6.45) is 1.09. The zero-order valence-electron chi connectivity index (χ0n) is 12.2. The highest BCUT2D eigenvalue weighted by atomic mass is 15.4. The van der Waals surface area contributed by atoms with Crippen molar-refractivity contribution in [2.75, 3.05) is 11.4 Å². The van der Waals surface area contributed by atoms with Gasteiger partial charge in [-0.25, -0.2) is 10.8 Å². The van der Waals surface area contributed by atoms with Gasteiger partial charge in [-0.05, 0) is 36.1 Å². The Labute approximate surface area is 125 Å². The van der Waals surface area contributed by atoms with Crippen molar-refractivity contribution in [3.63, 3.8) is 0 Å². The average Bonchev–Trinajstić information content (AvgIpc) is 2.53. The number of benzene rings is 2. The lowest BCUT2D eigenvalue weighted by Gasteiger charge is -2.34. The summed E-state index contributed by atoms with van der Waals surface area (Å²) in [6, 6.07) is 18.3. The number of guanidine groups is 1. The molecule has 108 valence electrons. The van der Waals surface area contributed by atoms with Crippen LogP contribution >= 0.6 is 0 Å². The minimum Gasteiger partial charge on any atom is -0.311 e. The van der Waals surface area contributed by atoms with Gasteiger partial charge in [0.2, 0.25) is 5.96 Å². The predicted molar refractivity (Wildman–Crippen MR) is 87.5 cm³/mol. The van der Waals surface area contributed by atoms with E-state index in [4.69, 9.17) is 5.84 Å². The first kappa shape index (κ1) is 13.6. The summed E-state index contributed by atoms with van der Waals surface area (Å²) >= 11 is 0. The summed E-state index contributed by atoms with van der Waals surface area (Å²) < 4.78 is 0. The molecule has 21 heavy (non-hydrogen) atoms. The second kappa shape index (κ2) is 5.97. The standard InChI is InChI=1S/C17H20N4/c1-13-11-14-7-5-6-10-16(14)21(12-13)17(20-18)19-15-8-3-2-4-9-15/h2-10,13H,11-12,18H2,1H3,(H,19,20). The molecule has 0 amide bonds. The Kier molecular flexibility index (Phi) is 3.88. The van der Waals surface area contributed by atoms with Crippen molar-refractivity contribution in [1.82, 2.24) is 5.43 Å². The van der Waals surface area contributed by atoms with Crippen LogP contribution in [0.1, 0.15) is 12.5 Å². The molecule has 0 radical (unpaired) electrons. The van der Waals surface area contributed by atoms with E-state index in [1.54, 1.807) is 0 Å². The number of nitrogens with zero attached hydrogens (tertiary/aromatic N) is 2. The van der Waals surface area contributed by atoms with E-state index in [-0.39, 0.29) is 0 Å². The Morgan fingerprint density at radius 3 is 2.62 bits per heavy atom. The minimum atomic E-state index is 0.564. The molecule has 0 saturated carbocycles. The highest BCUT2D eigenvalue weighted by molar-refractivity contribution is 5.98. The second-order valence-corrected chi connectivity index (χ2v) is 5.46. The van der Waals surface area contributed by atoms with Gasteiger partial charge < -0.3 is 4.90 Å². The molecule has 0 aromatic heterocycles. The molecule has 0 fully saturated rings. The first-order valence-electron chi connectivity index (χ1n) is 7.23. The smallest absolute Gasteiger partial charge is 0.218 e. The van der Waals surface area contributed by atoms with Gasteiger partial charge in [0.05, 0.1) is 5.69 Å². The fraction of sp³-hybridized carbons (Fsp3) is 0.235. The zero-order chi connectivity index (χ0) is 14.7. The molecule has 0 spiro atoms.